The molecule has 0 saturated heterocycles. The lowest BCUT2D eigenvalue weighted by Crippen LogP contribution is -2.05. The van der Waals surface area contributed by atoms with E-state index < -0.39 is 29.2 Å². The van der Waals surface area contributed by atoms with Gasteiger partial charge in [0.2, 0.25) is 5.95 Å². The van der Waals surface area contributed by atoms with Gasteiger partial charge in [-0.1, -0.05) is 12.1 Å². The average molecular weight is 253 g/mol. The molecule has 1 aromatic heterocycles. The van der Waals surface area contributed by atoms with Crippen molar-refractivity contribution in [2.24, 2.45) is 0 Å². The van der Waals surface area contributed by atoms with Crippen LogP contribution in [0.3, 0.4) is 0 Å². The van der Waals surface area contributed by atoms with Gasteiger partial charge in [0.1, 0.15) is 0 Å². The first-order valence-electron chi connectivity index (χ1n) is 4.85. The molecule has 0 aliphatic heterocycles. The maximum Gasteiger partial charge on any atom is 0.355 e. The van der Waals surface area contributed by atoms with E-state index in [-0.39, 0.29) is 11.1 Å². The summed E-state index contributed by atoms with van der Waals surface area (Å²) in [6.07, 6.45) is 0. The second-order valence-electron chi connectivity index (χ2n) is 3.44. The van der Waals surface area contributed by atoms with Gasteiger partial charge < -0.3 is 5.11 Å². The van der Waals surface area contributed by atoms with Crippen LogP contribution in [-0.4, -0.2) is 16.1 Å². The topological polar surface area (TPSA) is 50.2 Å². The third-order valence-electron chi connectivity index (χ3n) is 2.31. The summed E-state index contributed by atoms with van der Waals surface area (Å²) in [6.45, 7) is 0. The molecule has 0 saturated carbocycles. The molecule has 2 rings (SSSR count). The zero-order valence-electron chi connectivity index (χ0n) is 8.82. The highest BCUT2D eigenvalue weighted by atomic mass is 19.2. The number of carboxylic acid groups (broad SMARTS) is 1. The third-order valence-corrected chi connectivity index (χ3v) is 2.31. The van der Waals surface area contributed by atoms with E-state index in [0.717, 1.165) is 18.2 Å². The predicted octanol–water partition coefficient (Wildman–Crippen LogP) is 2.86. The van der Waals surface area contributed by atoms with E-state index >= 15 is 0 Å². The van der Waals surface area contributed by atoms with E-state index in [1.807, 2.05) is 0 Å². The molecule has 0 amide bonds. The molecule has 92 valence electrons. The Labute approximate surface area is 99.5 Å². The fourth-order valence-corrected chi connectivity index (χ4v) is 1.53. The highest BCUT2D eigenvalue weighted by molar-refractivity contribution is 5.93. The Morgan fingerprint density at radius 3 is 2.44 bits per heavy atom. The zero-order valence-corrected chi connectivity index (χ0v) is 8.82. The van der Waals surface area contributed by atoms with Crippen LogP contribution in [0.15, 0.2) is 30.3 Å². The van der Waals surface area contributed by atoms with Crippen molar-refractivity contribution in [3.05, 3.63) is 53.6 Å². The van der Waals surface area contributed by atoms with E-state index in [1.54, 1.807) is 0 Å². The van der Waals surface area contributed by atoms with Crippen LogP contribution < -0.4 is 0 Å². The van der Waals surface area contributed by atoms with E-state index in [4.69, 9.17) is 5.11 Å². The predicted molar refractivity (Wildman–Crippen MR) is 56.5 cm³/mol. The molecule has 0 fully saturated rings. The van der Waals surface area contributed by atoms with E-state index in [9.17, 15) is 18.0 Å². The fourth-order valence-electron chi connectivity index (χ4n) is 1.53. The standard InChI is InChI=1S/C12H6F3NO2/c13-8-3-1-2-6(10(8)15)7-4-5-9(14)16-11(7)12(17)18/h1-5H,(H,17,18). The number of aromatic nitrogens is 1. The highest BCUT2D eigenvalue weighted by Crippen LogP contribution is 2.27. The number of hydrogen-bond acceptors (Lipinski definition) is 2. The minimum absolute atomic E-state index is 0.180. The van der Waals surface area contributed by atoms with Crippen LogP contribution in [-0.2, 0) is 0 Å². The van der Waals surface area contributed by atoms with Crippen molar-refractivity contribution in [2.75, 3.05) is 0 Å². The van der Waals surface area contributed by atoms with Gasteiger partial charge in [-0.3, -0.25) is 0 Å². The van der Waals surface area contributed by atoms with Crippen molar-refractivity contribution in [3.63, 3.8) is 0 Å². The van der Waals surface area contributed by atoms with Crippen LogP contribution in [0.1, 0.15) is 10.5 Å². The van der Waals surface area contributed by atoms with Crippen molar-refractivity contribution in [3.8, 4) is 11.1 Å². The second-order valence-corrected chi connectivity index (χ2v) is 3.44. The van der Waals surface area contributed by atoms with Gasteiger partial charge in [0.15, 0.2) is 17.3 Å². The van der Waals surface area contributed by atoms with Crippen molar-refractivity contribution >= 4 is 5.97 Å². The summed E-state index contributed by atoms with van der Waals surface area (Å²) in [7, 11) is 0. The molecule has 0 aliphatic carbocycles. The Morgan fingerprint density at radius 1 is 1.06 bits per heavy atom. The molecule has 18 heavy (non-hydrogen) atoms. The molecular weight excluding hydrogens is 247 g/mol. The molecule has 3 nitrogen and oxygen atoms in total. The molecule has 1 aromatic carbocycles. The molecule has 0 atom stereocenters. The van der Waals surface area contributed by atoms with E-state index in [0.29, 0.717) is 0 Å². The number of nitrogens with zero attached hydrogens (tertiary/aromatic N) is 1. The fraction of sp³-hybridized carbons (Fsp3) is 0. The van der Waals surface area contributed by atoms with Crippen LogP contribution in [0.4, 0.5) is 13.2 Å². The molecule has 1 heterocycles. The lowest BCUT2D eigenvalue weighted by Gasteiger charge is -2.07. The monoisotopic (exact) mass is 253 g/mol. The zero-order chi connectivity index (χ0) is 13.3. The maximum atomic E-state index is 13.5. The van der Waals surface area contributed by atoms with Crippen LogP contribution in [0.5, 0.6) is 0 Å². The molecular formula is C12H6F3NO2. The Hall–Kier alpha value is -2.37. The number of carbonyl (C=O) groups is 1. The van der Waals surface area contributed by atoms with Crippen LogP contribution >= 0.6 is 0 Å². The number of rotatable bonds is 2. The number of pyridine rings is 1. The molecule has 0 unspecified atom stereocenters. The molecule has 6 heteroatoms. The smallest absolute Gasteiger partial charge is 0.355 e. The number of benzene rings is 1. The van der Waals surface area contributed by atoms with Crippen molar-refractivity contribution in [1.29, 1.82) is 0 Å². The Kier molecular flexibility index (Phi) is 3.01. The largest absolute Gasteiger partial charge is 0.476 e. The van der Waals surface area contributed by atoms with Crippen LogP contribution in [0.25, 0.3) is 11.1 Å². The van der Waals surface area contributed by atoms with Gasteiger partial charge in [0, 0.05) is 11.1 Å². The third kappa shape index (κ3) is 2.04. The van der Waals surface area contributed by atoms with Gasteiger partial charge in [-0.15, -0.1) is 0 Å². The summed E-state index contributed by atoms with van der Waals surface area (Å²) in [5.74, 6) is -4.84. The first kappa shape index (κ1) is 12.1. The van der Waals surface area contributed by atoms with Gasteiger partial charge >= 0.3 is 5.97 Å². The second kappa shape index (κ2) is 4.48. The maximum absolute atomic E-state index is 13.5. The molecule has 0 bridgehead atoms. The summed E-state index contributed by atoms with van der Waals surface area (Å²) in [6, 6.07) is 5.24. The summed E-state index contributed by atoms with van der Waals surface area (Å²) < 4.78 is 39.5. The lowest BCUT2D eigenvalue weighted by molar-refractivity contribution is 0.0690. The first-order valence-corrected chi connectivity index (χ1v) is 4.85. The van der Waals surface area contributed by atoms with Crippen molar-refractivity contribution < 1.29 is 23.1 Å². The Morgan fingerprint density at radius 2 is 1.78 bits per heavy atom. The minimum Gasteiger partial charge on any atom is -0.476 e. The van der Waals surface area contributed by atoms with E-state index in [1.165, 1.54) is 12.1 Å². The number of aromatic carboxylic acids is 1. The number of hydrogen-bond donors (Lipinski definition) is 1. The van der Waals surface area contributed by atoms with Crippen LogP contribution in [0, 0.1) is 17.6 Å². The quantitative estimate of drug-likeness (QED) is 0.837. The highest BCUT2D eigenvalue weighted by Gasteiger charge is 2.18. The molecule has 0 spiro atoms. The SMILES string of the molecule is O=C(O)c1nc(F)ccc1-c1cccc(F)c1F. The lowest BCUT2D eigenvalue weighted by atomic mass is 10.0. The molecule has 0 radical (unpaired) electrons. The van der Waals surface area contributed by atoms with Crippen molar-refractivity contribution in [1.82, 2.24) is 4.98 Å². The summed E-state index contributed by atoms with van der Waals surface area (Å²) in [4.78, 5) is 14.1. The van der Waals surface area contributed by atoms with Gasteiger partial charge in [-0.25, -0.2) is 18.6 Å². The van der Waals surface area contributed by atoms with Gasteiger partial charge in [-0.05, 0) is 18.2 Å². The first-order chi connectivity index (χ1) is 8.50. The number of halogens is 3. The minimum atomic E-state index is -1.52. The summed E-state index contributed by atoms with van der Waals surface area (Å²) >= 11 is 0. The molecule has 1 N–H and O–H groups in total. The summed E-state index contributed by atoms with van der Waals surface area (Å²) in [5.41, 5.74) is -1.12. The Bertz CT molecular complexity index is 629. The van der Waals surface area contributed by atoms with Gasteiger partial charge in [0.05, 0.1) is 0 Å². The Balaban J connectivity index is 2.71. The summed E-state index contributed by atoms with van der Waals surface area (Å²) in [5, 5.41) is 8.87. The average Bonchev–Trinajstić information content (AvgIpc) is 2.33. The number of carboxylic acids is 1. The van der Waals surface area contributed by atoms with Gasteiger partial charge in [0.25, 0.3) is 0 Å². The van der Waals surface area contributed by atoms with E-state index in [2.05, 4.69) is 4.98 Å². The molecule has 2 aromatic rings. The normalized spacial score (nSPS) is 10.4. The van der Waals surface area contributed by atoms with Gasteiger partial charge in [-0.2, -0.15) is 4.39 Å². The molecule has 0 aliphatic rings. The van der Waals surface area contributed by atoms with Crippen LogP contribution in [0.2, 0.25) is 0 Å². The van der Waals surface area contributed by atoms with Crippen molar-refractivity contribution in [2.45, 2.75) is 0 Å².